The van der Waals surface area contributed by atoms with E-state index in [9.17, 15) is 28.9 Å². The standard InChI is InChI=1S/C27H25FNO5P.2Li/c1-16(2)26-22(11-12-35(33,34)15-20(30)14-24(31)32)25(17-7-9-19(28)10-8-17)23-13-18-5-3-4-6-21(18)27(23)29-26;;/h3-10,16,20,30H,13-15H2,1-2H3,(H,31,32)(H,33,34);;/q;2*+1/p-2/t20-;;/m1../s1. The molecule has 0 fully saturated rings. The molecular formula is C27H23FLi2NO5P. The molecule has 0 spiro atoms. The van der Waals surface area contributed by atoms with Gasteiger partial charge in [-0.15, -0.1) is 0 Å². The van der Waals surface area contributed by atoms with Crippen molar-refractivity contribution in [2.45, 2.75) is 38.7 Å². The number of benzene rings is 2. The van der Waals surface area contributed by atoms with E-state index in [4.69, 9.17) is 4.98 Å². The molecule has 0 saturated heterocycles. The number of carbonyl (C=O) groups excluding carboxylic acids is 1. The Morgan fingerprint density at radius 1 is 1.16 bits per heavy atom. The largest absolute Gasteiger partial charge is 1.00 e. The van der Waals surface area contributed by atoms with Gasteiger partial charge in [-0.05, 0) is 40.4 Å². The van der Waals surface area contributed by atoms with E-state index in [2.05, 4.69) is 11.6 Å². The average Bonchev–Trinajstić information content (AvgIpc) is 3.14. The van der Waals surface area contributed by atoms with E-state index in [0.717, 1.165) is 22.4 Å². The Balaban J connectivity index is 0.00000241. The smallest absolute Gasteiger partial charge is 0.790 e. The van der Waals surface area contributed by atoms with Crippen LogP contribution in [0.3, 0.4) is 0 Å². The maximum Gasteiger partial charge on any atom is 1.00 e. The first-order valence-electron chi connectivity index (χ1n) is 11.2. The summed E-state index contributed by atoms with van der Waals surface area (Å²) in [5.41, 5.74) is 8.41. The summed E-state index contributed by atoms with van der Waals surface area (Å²) in [7, 11) is -4.46. The number of aliphatic carboxylic acids is 1. The van der Waals surface area contributed by atoms with Crippen molar-refractivity contribution in [3.8, 4) is 34.0 Å². The molecule has 1 N–H and O–H groups in total. The third-order valence-corrected chi connectivity index (χ3v) is 7.20. The molecule has 1 aliphatic carbocycles. The Hall–Kier alpha value is -2.11. The maximum absolute atomic E-state index is 13.7. The van der Waals surface area contributed by atoms with Crippen molar-refractivity contribution in [2.24, 2.45) is 0 Å². The number of hydrogen-bond donors (Lipinski definition) is 1. The number of pyridine rings is 1. The minimum atomic E-state index is -4.46. The predicted molar refractivity (Wildman–Crippen MR) is 127 cm³/mol. The molecule has 0 aliphatic heterocycles. The maximum atomic E-state index is 13.7. The molecule has 0 saturated carbocycles. The first kappa shape index (κ1) is 31.1. The SMILES string of the molecule is CC(C)c1nc2c(c(-c3ccc(F)cc3)c1C#CP(=O)([O-])C[C@H](O)CC(=O)[O-])Cc1ccccc1-2.[Li+].[Li+]. The third kappa shape index (κ3) is 7.06. The van der Waals surface area contributed by atoms with E-state index in [1.54, 1.807) is 12.1 Å². The molecular weight excluding hydrogens is 482 g/mol. The van der Waals surface area contributed by atoms with Crippen LogP contribution < -0.4 is 47.7 Å². The number of nitrogens with zero attached hydrogens (tertiary/aromatic N) is 1. The Labute approximate surface area is 239 Å². The van der Waals surface area contributed by atoms with Gasteiger partial charge in [-0.1, -0.05) is 56.2 Å². The van der Waals surface area contributed by atoms with Crippen LogP contribution in [0.5, 0.6) is 0 Å². The quantitative estimate of drug-likeness (QED) is 0.170. The van der Waals surface area contributed by atoms with Crippen LogP contribution >= 0.6 is 7.37 Å². The number of carbonyl (C=O) groups is 1. The molecule has 180 valence electrons. The van der Waals surface area contributed by atoms with Crippen molar-refractivity contribution in [3.63, 3.8) is 0 Å². The number of aromatic nitrogens is 1. The minimum absolute atomic E-state index is 0. The molecule has 0 bridgehead atoms. The number of rotatable bonds is 6. The van der Waals surface area contributed by atoms with Gasteiger partial charge in [-0.3, -0.25) is 4.98 Å². The summed E-state index contributed by atoms with van der Waals surface area (Å²) in [5, 5.41) is 20.5. The second kappa shape index (κ2) is 12.6. The summed E-state index contributed by atoms with van der Waals surface area (Å²) in [6, 6.07) is 13.8. The Bertz CT molecular complexity index is 1420. The number of fused-ring (bicyclic) bond motifs is 3. The molecule has 2 aromatic carbocycles. The van der Waals surface area contributed by atoms with E-state index >= 15 is 0 Å². The van der Waals surface area contributed by atoms with Crippen molar-refractivity contribution >= 4 is 13.3 Å². The fourth-order valence-corrected chi connectivity index (χ4v) is 5.39. The first-order chi connectivity index (χ1) is 16.6. The van der Waals surface area contributed by atoms with Gasteiger partial charge in [-0.25, -0.2) is 4.39 Å². The number of halogens is 1. The molecule has 2 atom stereocenters. The van der Waals surface area contributed by atoms with Crippen molar-refractivity contribution in [1.29, 1.82) is 0 Å². The molecule has 1 aliphatic rings. The van der Waals surface area contributed by atoms with E-state index < -0.39 is 37.8 Å². The number of carboxylic acid groups (broad SMARTS) is 1. The molecule has 37 heavy (non-hydrogen) atoms. The van der Waals surface area contributed by atoms with Crippen LogP contribution in [0.15, 0.2) is 48.5 Å². The zero-order valence-electron chi connectivity index (χ0n) is 21.2. The van der Waals surface area contributed by atoms with E-state index in [0.29, 0.717) is 28.8 Å². The molecule has 1 heterocycles. The topological polar surface area (TPSA) is 113 Å². The number of carboxylic acids is 1. The van der Waals surface area contributed by atoms with Gasteiger partial charge in [0.25, 0.3) is 0 Å². The summed E-state index contributed by atoms with van der Waals surface area (Å²) in [6.07, 6.45) is -2.66. The van der Waals surface area contributed by atoms with Gasteiger partial charge in [0.05, 0.1) is 30.4 Å². The monoisotopic (exact) mass is 505 g/mol. The molecule has 0 amide bonds. The van der Waals surface area contributed by atoms with Crippen molar-refractivity contribution in [3.05, 3.63) is 76.7 Å². The van der Waals surface area contributed by atoms with E-state index in [-0.39, 0.29) is 43.6 Å². The molecule has 1 aromatic heterocycles. The minimum Gasteiger partial charge on any atom is -0.790 e. The Morgan fingerprint density at radius 2 is 1.81 bits per heavy atom. The van der Waals surface area contributed by atoms with Gasteiger partial charge < -0.3 is 24.5 Å². The summed E-state index contributed by atoms with van der Waals surface area (Å²) < 4.78 is 26.3. The van der Waals surface area contributed by atoms with Gasteiger partial charge in [0.1, 0.15) is 5.82 Å². The van der Waals surface area contributed by atoms with Crippen LogP contribution in [0.1, 0.15) is 48.6 Å². The summed E-state index contributed by atoms with van der Waals surface area (Å²) in [4.78, 5) is 28.2. The molecule has 0 radical (unpaired) electrons. The first-order valence-corrected chi connectivity index (χ1v) is 13.0. The zero-order chi connectivity index (χ0) is 25.3. The summed E-state index contributed by atoms with van der Waals surface area (Å²) in [5.74, 6) is 0.725. The van der Waals surface area contributed by atoms with E-state index in [1.165, 1.54) is 12.1 Å². The van der Waals surface area contributed by atoms with Gasteiger partial charge in [0, 0.05) is 36.1 Å². The number of aliphatic hydroxyl groups excluding tert-OH is 1. The predicted octanol–water partition coefficient (Wildman–Crippen LogP) is -2.96. The van der Waals surface area contributed by atoms with Crippen LogP contribution in [0.2, 0.25) is 0 Å². The second-order valence-corrected chi connectivity index (χ2v) is 10.8. The Morgan fingerprint density at radius 3 is 2.43 bits per heavy atom. The second-order valence-electron chi connectivity index (χ2n) is 8.89. The van der Waals surface area contributed by atoms with Gasteiger partial charge in [0.15, 0.2) is 0 Å². The van der Waals surface area contributed by atoms with Crippen LogP contribution in [0.25, 0.3) is 22.4 Å². The molecule has 6 nitrogen and oxygen atoms in total. The summed E-state index contributed by atoms with van der Waals surface area (Å²) in [6.45, 7) is 3.85. The van der Waals surface area contributed by atoms with Gasteiger partial charge in [0.2, 0.25) is 0 Å². The summed E-state index contributed by atoms with van der Waals surface area (Å²) >= 11 is 0. The zero-order valence-corrected chi connectivity index (χ0v) is 22.1. The third-order valence-electron chi connectivity index (χ3n) is 5.85. The number of hydrogen-bond acceptors (Lipinski definition) is 6. The molecule has 3 aromatic rings. The Kier molecular flexibility index (Phi) is 10.6. The van der Waals surface area contributed by atoms with Crippen LogP contribution in [-0.2, 0) is 15.8 Å². The molecule has 1 unspecified atom stereocenters. The van der Waals surface area contributed by atoms with Crippen LogP contribution in [0.4, 0.5) is 4.39 Å². The van der Waals surface area contributed by atoms with E-state index in [1.807, 2.05) is 38.1 Å². The van der Waals surface area contributed by atoms with Crippen LogP contribution in [0, 0.1) is 17.4 Å². The molecule has 10 heteroatoms. The fourth-order valence-electron chi connectivity index (χ4n) is 4.33. The normalized spacial score (nSPS) is 13.7. The van der Waals surface area contributed by atoms with Gasteiger partial charge in [-0.2, -0.15) is 0 Å². The number of aliphatic hydroxyl groups is 1. The average molecular weight is 505 g/mol. The van der Waals surface area contributed by atoms with Crippen molar-refractivity contribution < 1.29 is 66.6 Å². The van der Waals surface area contributed by atoms with Crippen molar-refractivity contribution in [1.82, 2.24) is 4.98 Å². The van der Waals surface area contributed by atoms with Crippen LogP contribution in [-0.4, -0.2) is 28.3 Å². The van der Waals surface area contributed by atoms with Gasteiger partial charge >= 0.3 is 37.7 Å². The molecule has 4 rings (SSSR count). The fraction of sp³-hybridized carbons (Fsp3) is 0.259. The van der Waals surface area contributed by atoms with Crippen molar-refractivity contribution in [2.75, 3.05) is 6.16 Å².